The first-order valence-electron chi connectivity index (χ1n) is 5.30. The van der Waals surface area contributed by atoms with E-state index in [1.807, 2.05) is 19.1 Å². The van der Waals surface area contributed by atoms with Crippen molar-refractivity contribution in [2.45, 2.75) is 33.6 Å². The standard InChI is InChI=1S/C13H17ClO/c1-9(2)7-8-12(15)11-6-4-5-10(3)13(11)14/h4-6,9H,7-8H2,1-3H3. The molecule has 1 nitrogen and oxygen atoms in total. The largest absolute Gasteiger partial charge is 0.294 e. The predicted octanol–water partition coefficient (Wildman–Crippen LogP) is 4.27. The lowest BCUT2D eigenvalue weighted by molar-refractivity contribution is 0.0975. The van der Waals surface area contributed by atoms with Gasteiger partial charge in [-0.05, 0) is 30.9 Å². The van der Waals surface area contributed by atoms with Crippen molar-refractivity contribution >= 4 is 17.4 Å². The summed E-state index contributed by atoms with van der Waals surface area (Å²) in [7, 11) is 0. The zero-order valence-corrected chi connectivity index (χ0v) is 10.3. The molecule has 0 saturated carbocycles. The lowest BCUT2D eigenvalue weighted by Crippen LogP contribution is -2.02. The number of rotatable bonds is 4. The number of carbonyl (C=O) groups excluding carboxylic acids is 1. The monoisotopic (exact) mass is 224 g/mol. The van der Waals surface area contributed by atoms with Gasteiger partial charge in [0.05, 0.1) is 5.02 Å². The van der Waals surface area contributed by atoms with Gasteiger partial charge in [-0.1, -0.05) is 37.6 Å². The zero-order chi connectivity index (χ0) is 11.4. The molecular formula is C13H17ClO. The number of halogens is 1. The Hall–Kier alpha value is -0.820. The number of aryl methyl sites for hydroxylation is 1. The van der Waals surface area contributed by atoms with Crippen LogP contribution in [0, 0.1) is 12.8 Å². The maximum absolute atomic E-state index is 11.8. The Kier molecular flexibility index (Phi) is 4.34. The molecule has 0 aliphatic carbocycles. The summed E-state index contributed by atoms with van der Waals surface area (Å²) >= 11 is 6.08. The topological polar surface area (TPSA) is 17.1 Å². The Morgan fingerprint density at radius 2 is 2.07 bits per heavy atom. The fourth-order valence-corrected chi connectivity index (χ4v) is 1.65. The summed E-state index contributed by atoms with van der Waals surface area (Å²) in [5.41, 5.74) is 1.63. The van der Waals surface area contributed by atoms with Crippen LogP contribution >= 0.6 is 11.6 Å². The second kappa shape index (κ2) is 5.32. The molecule has 0 atom stereocenters. The van der Waals surface area contributed by atoms with Gasteiger partial charge in [0, 0.05) is 12.0 Å². The minimum Gasteiger partial charge on any atom is -0.294 e. The Bertz CT molecular complexity index is 356. The average Bonchev–Trinajstić information content (AvgIpc) is 2.18. The highest BCUT2D eigenvalue weighted by atomic mass is 35.5. The molecule has 0 spiro atoms. The fourth-order valence-electron chi connectivity index (χ4n) is 1.42. The van der Waals surface area contributed by atoms with Gasteiger partial charge in [0.15, 0.2) is 5.78 Å². The van der Waals surface area contributed by atoms with E-state index in [-0.39, 0.29) is 5.78 Å². The highest BCUT2D eigenvalue weighted by Crippen LogP contribution is 2.22. The predicted molar refractivity (Wildman–Crippen MR) is 64.6 cm³/mol. The van der Waals surface area contributed by atoms with Gasteiger partial charge in [-0.15, -0.1) is 0 Å². The molecule has 82 valence electrons. The average molecular weight is 225 g/mol. The van der Waals surface area contributed by atoms with Gasteiger partial charge in [0.25, 0.3) is 0 Å². The normalized spacial score (nSPS) is 10.7. The van der Waals surface area contributed by atoms with Crippen molar-refractivity contribution in [3.05, 3.63) is 34.3 Å². The van der Waals surface area contributed by atoms with E-state index in [0.29, 0.717) is 22.9 Å². The van der Waals surface area contributed by atoms with E-state index < -0.39 is 0 Å². The van der Waals surface area contributed by atoms with Crippen LogP contribution < -0.4 is 0 Å². The fraction of sp³-hybridized carbons (Fsp3) is 0.462. The Morgan fingerprint density at radius 1 is 1.40 bits per heavy atom. The molecule has 15 heavy (non-hydrogen) atoms. The van der Waals surface area contributed by atoms with Crippen LogP contribution in [0.4, 0.5) is 0 Å². The second-order valence-corrected chi connectivity index (χ2v) is 4.67. The van der Waals surface area contributed by atoms with Crippen molar-refractivity contribution in [3.8, 4) is 0 Å². The summed E-state index contributed by atoms with van der Waals surface area (Å²) in [6.07, 6.45) is 1.50. The number of benzene rings is 1. The second-order valence-electron chi connectivity index (χ2n) is 4.29. The van der Waals surface area contributed by atoms with Crippen LogP contribution in [0.1, 0.15) is 42.6 Å². The minimum absolute atomic E-state index is 0.150. The summed E-state index contributed by atoms with van der Waals surface area (Å²) in [4.78, 5) is 11.8. The molecule has 0 unspecified atom stereocenters. The maximum Gasteiger partial charge on any atom is 0.164 e. The smallest absolute Gasteiger partial charge is 0.164 e. The van der Waals surface area contributed by atoms with Crippen molar-refractivity contribution in [3.63, 3.8) is 0 Å². The zero-order valence-electron chi connectivity index (χ0n) is 9.51. The van der Waals surface area contributed by atoms with Crippen LogP contribution in [-0.4, -0.2) is 5.78 Å². The highest BCUT2D eigenvalue weighted by Gasteiger charge is 2.11. The molecule has 0 radical (unpaired) electrons. The van der Waals surface area contributed by atoms with E-state index in [2.05, 4.69) is 13.8 Å². The van der Waals surface area contributed by atoms with Crippen molar-refractivity contribution < 1.29 is 4.79 Å². The van der Waals surface area contributed by atoms with Gasteiger partial charge in [0.1, 0.15) is 0 Å². The van der Waals surface area contributed by atoms with Crippen molar-refractivity contribution in [2.24, 2.45) is 5.92 Å². The summed E-state index contributed by atoms with van der Waals surface area (Å²) in [5, 5.41) is 0.603. The van der Waals surface area contributed by atoms with Crippen molar-refractivity contribution in [1.82, 2.24) is 0 Å². The lowest BCUT2D eigenvalue weighted by atomic mass is 10.00. The number of hydrogen-bond donors (Lipinski definition) is 0. The van der Waals surface area contributed by atoms with Crippen LogP contribution in [0.2, 0.25) is 5.02 Å². The molecule has 1 aromatic carbocycles. The van der Waals surface area contributed by atoms with Gasteiger partial charge < -0.3 is 0 Å². The van der Waals surface area contributed by atoms with Crippen LogP contribution in [0.25, 0.3) is 0 Å². The number of Topliss-reactive ketones (excluding diaryl/α,β-unsaturated/α-hetero) is 1. The van der Waals surface area contributed by atoms with Gasteiger partial charge in [-0.2, -0.15) is 0 Å². The third kappa shape index (κ3) is 3.35. The number of hydrogen-bond acceptors (Lipinski definition) is 1. The van der Waals surface area contributed by atoms with Crippen LogP contribution in [-0.2, 0) is 0 Å². The summed E-state index contributed by atoms with van der Waals surface area (Å²) in [6, 6.07) is 5.60. The van der Waals surface area contributed by atoms with E-state index in [1.165, 1.54) is 0 Å². The van der Waals surface area contributed by atoms with Crippen LogP contribution in [0.3, 0.4) is 0 Å². The Balaban J connectivity index is 2.78. The van der Waals surface area contributed by atoms with E-state index in [1.54, 1.807) is 6.07 Å². The summed E-state index contributed by atoms with van der Waals surface area (Å²) in [6.45, 7) is 6.15. The molecule has 0 amide bonds. The van der Waals surface area contributed by atoms with Crippen molar-refractivity contribution in [1.29, 1.82) is 0 Å². The Labute approximate surface area is 96.5 Å². The van der Waals surface area contributed by atoms with E-state index >= 15 is 0 Å². The third-order valence-corrected chi connectivity index (χ3v) is 2.94. The van der Waals surface area contributed by atoms with Crippen molar-refractivity contribution in [2.75, 3.05) is 0 Å². The molecule has 0 aliphatic heterocycles. The first kappa shape index (κ1) is 12.3. The molecule has 0 N–H and O–H groups in total. The van der Waals surface area contributed by atoms with Gasteiger partial charge in [0.2, 0.25) is 0 Å². The van der Waals surface area contributed by atoms with Gasteiger partial charge in [-0.25, -0.2) is 0 Å². The summed E-state index contributed by atoms with van der Waals surface area (Å²) < 4.78 is 0. The van der Waals surface area contributed by atoms with E-state index in [0.717, 1.165) is 12.0 Å². The summed E-state index contributed by atoms with van der Waals surface area (Å²) in [5.74, 6) is 0.704. The number of ketones is 1. The first-order chi connectivity index (χ1) is 7.02. The molecule has 0 heterocycles. The van der Waals surface area contributed by atoms with E-state index in [9.17, 15) is 4.79 Å². The quantitative estimate of drug-likeness (QED) is 0.699. The molecule has 0 bridgehead atoms. The maximum atomic E-state index is 11.8. The SMILES string of the molecule is Cc1cccc(C(=O)CCC(C)C)c1Cl. The molecule has 0 fully saturated rings. The molecule has 0 saturated heterocycles. The molecule has 0 aromatic heterocycles. The molecule has 2 heteroatoms. The molecule has 1 aromatic rings. The number of carbonyl (C=O) groups is 1. The van der Waals surface area contributed by atoms with Crippen LogP contribution in [0.5, 0.6) is 0 Å². The highest BCUT2D eigenvalue weighted by molar-refractivity contribution is 6.34. The van der Waals surface area contributed by atoms with Gasteiger partial charge in [-0.3, -0.25) is 4.79 Å². The Morgan fingerprint density at radius 3 is 2.67 bits per heavy atom. The van der Waals surface area contributed by atoms with Gasteiger partial charge >= 0.3 is 0 Å². The van der Waals surface area contributed by atoms with E-state index in [4.69, 9.17) is 11.6 Å². The minimum atomic E-state index is 0.150. The molecule has 0 aliphatic rings. The first-order valence-corrected chi connectivity index (χ1v) is 5.68. The lowest BCUT2D eigenvalue weighted by Gasteiger charge is -2.07. The third-order valence-electron chi connectivity index (χ3n) is 2.44. The molecular weight excluding hydrogens is 208 g/mol. The van der Waals surface area contributed by atoms with Crippen LogP contribution in [0.15, 0.2) is 18.2 Å². The molecule has 1 rings (SSSR count).